The molecular formula is C6H9F3O4S. The Labute approximate surface area is 79.0 Å². The normalized spacial score (nSPS) is 14.9. The minimum atomic E-state index is -5.33. The largest absolute Gasteiger partial charge is 0.497 e. The van der Waals surface area contributed by atoms with Gasteiger partial charge >= 0.3 is 11.5 Å². The minimum absolute atomic E-state index is 0.805. The highest BCUT2D eigenvalue weighted by molar-refractivity contribution is 7.92. The molecule has 0 heterocycles. The summed E-state index contributed by atoms with van der Waals surface area (Å²) in [5.41, 5.74) is -5.33. The lowest BCUT2D eigenvalue weighted by Gasteiger charge is -2.13. The van der Waals surface area contributed by atoms with E-state index in [4.69, 9.17) is 0 Å². The zero-order valence-corrected chi connectivity index (χ0v) is 8.28. The van der Waals surface area contributed by atoms with E-state index in [-0.39, 0.29) is 0 Å². The van der Waals surface area contributed by atoms with E-state index in [0.717, 1.165) is 14.0 Å². The molecule has 0 aliphatic carbocycles. The number of ether oxygens (including phenoxy) is 1. The van der Waals surface area contributed by atoms with E-state index in [0.29, 0.717) is 0 Å². The molecule has 84 valence electrons. The van der Waals surface area contributed by atoms with Crippen molar-refractivity contribution < 1.29 is 31.1 Å². The summed E-state index contributed by atoms with van der Waals surface area (Å²) in [5.74, 6) is -0.995. The Morgan fingerprint density at radius 2 is 1.86 bits per heavy atom. The van der Waals surface area contributed by atoms with Gasteiger partial charge < -0.3 is 4.74 Å². The highest BCUT2D eigenvalue weighted by Gasteiger charge is 2.49. The van der Waals surface area contributed by atoms with Crippen LogP contribution in [0, 0.1) is 0 Å². The molecule has 0 aromatic heterocycles. The van der Waals surface area contributed by atoms with E-state index in [1.54, 1.807) is 0 Å². The molecule has 8 heteroatoms. The summed E-state index contributed by atoms with van der Waals surface area (Å²) in [5, 5.41) is -1.82. The second-order valence-electron chi connectivity index (χ2n) is 2.58. The predicted molar refractivity (Wildman–Crippen MR) is 41.1 cm³/mol. The molecule has 14 heavy (non-hydrogen) atoms. The first kappa shape index (κ1) is 13.2. The molecule has 4 nitrogen and oxygen atoms in total. The van der Waals surface area contributed by atoms with Crippen LogP contribution in [0.25, 0.3) is 0 Å². The van der Waals surface area contributed by atoms with Gasteiger partial charge in [0, 0.05) is 0 Å². The SMILES string of the molecule is COC(=O)CC(C)S(=O)(=O)C(F)(F)F. The average molecular weight is 234 g/mol. The van der Waals surface area contributed by atoms with Crippen molar-refractivity contribution in [3.05, 3.63) is 0 Å². The molecule has 0 amide bonds. The lowest BCUT2D eigenvalue weighted by molar-refractivity contribution is -0.140. The molecule has 0 N–H and O–H groups in total. The molecule has 0 rings (SSSR count). The van der Waals surface area contributed by atoms with Crippen molar-refractivity contribution in [2.24, 2.45) is 0 Å². The van der Waals surface area contributed by atoms with Gasteiger partial charge in [0.15, 0.2) is 0 Å². The zero-order valence-electron chi connectivity index (χ0n) is 7.46. The summed E-state index contributed by atoms with van der Waals surface area (Å²) in [6, 6.07) is 0. The van der Waals surface area contributed by atoms with Gasteiger partial charge in [-0.1, -0.05) is 0 Å². The first-order chi connectivity index (χ1) is 6.13. The van der Waals surface area contributed by atoms with Gasteiger partial charge in [-0.05, 0) is 6.92 Å². The van der Waals surface area contributed by atoms with E-state index >= 15 is 0 Å². The number of alkyl halides is 3. The van der Waals surface area contributed by atoms with Crippen LogP contribution in [0.3, 0.4) is 0 Å². The summed E-state index contributed by atoms with van der Waals surface area (Å²) in [4.78, 5) is 10.5. The second-order valence-corrected chi connectivity index (χ2v) is 4.94. The Hall–Kier alpha value is -0.790. The second kappa shape index (κ2) is 4.16. The quantitative estimate of drug-likeness (QED) is 0.680. The highest BCUT2D eigenvalue weighted by atomic mass is 32.2. The van der Waals surface area contributed by atoms with Gasteiger partial charge in [-0.15, -0.1) is 0 Å². The molecule has 0 saturated carbocycles. The summed E-state index contributed by atoms with van der Waals surface area (Å²) in [6.07, 6.45) is -0.807. The lowest BCUT2D eigenvalue weighted by atomic mass is 10.3. The van der Waals surface area contributed by atoms with Gasteiger partial charge in [0.05, 0.1) is 18.8 Å². The molecular weight excluding hydrogens is 225 g/mol. The Morgan fingerprint density at radius 3 is 2.14 bits per heavy atom. The summed E-state index contributed by atoms with van der Waals surface area (Å²) < 4.78 is 61.1. The highest BCUT2D eigenvalue weighted by Crippen LogP contribution is 2.28. The predicted octanol–water partition coefficient (Wildman–Crippen LogP) is 0.873. The molecule has 0 aromatic rings. The summed E-state index contributed by atoms with van der Waals surface area (Å²) in [7, 11) is -4.31. The number of halogens is 3. The van der Waals surface area contributed by atoms with Crippen LogP contribution >= 0.6 is 0 Å². The number of rotatable bonds is 3. The van der Waals surface area contributed by atoms with Crippen molar-refractivity contribution in [1.29, 1.82) is 0 Å². The van der Waals surface area contributed by atoms with E-state index in [2.05, 4.69) is 4.74 Å². The first-order valence-electron chi connectivity index (χ1n) is 3.50. The van der Waals surface area contributed by atoms with E-state index < -0.39 is 33.0 Å². The monoisotopic (exact) mass is 234 g/mol. The number of carbonyl (C=O) groups is 1. The molecule has 0 bridgehead atoms. The fourth-order valence-electron chi connectivity index (χ4n) is 0.656. The third-order valence-electron chi connectivity index (χ3n) is 1.53. The van der Waals surface area contributed by atoms with Crippen LogP contribution in [0.5, 0.6) is 0 Å². The van der Waals surface area contributed by atoms with E-state index in [1.165, 1.54) is 0 Å². The van der Waals surface area contributed by atoms with Crippen LogP contribution in [0.4, 0.5) is 13.2 Å². The molecule has 0 radical (unpaired) electrons. The fraction of sp³-hybridized carbons (Fsp3) is 0.833. The number of hydrogen-bond acceptors (Lipinski definition) is 4. The fourth-order valence-corrected chi connectivity index (χ4v) is 1.47. The Kier molecular flexibility index (Phi) is 3.92. The van der Waals surface area contributed by atoms with Crippen LogP contribution in [0.15, 0.2) is 0 Å². The van der Waals surface area contributed by atoms with Crippen molar-refractivity contribution in [3.63, 3.8) is 0 Å². The topological polar surface area (TPSA) is 60.4 Å². The zero-order chi connectivity index (χ0) is 11.6. The molecule has 0 aromatic carbocycles. The van der Waals surface area contributed by atoms with Crippen LogP contribution in [0.1, 0.15) is 13.3 Å². The summed E-state index contributed by atoms with van der Waals surface area (Å²) in [6.45, 7) is 0.805. The van der Waals surface area contributed by atoms with Crippen molar-refractivity contribution >= 4 is 15.8 Å². The van der Waals surface area contributed by atoms with Gasteiger partial charge in [0.1, 0.15) is 0 Å². The maximum atomic E-state index is 11.9. The Morgan fingerprint density at radius 1 is 1.43 bits per heavy atom. The van der Waals surface area contributed by atoms with Crippen molar-refractivity contribution in [1.82, 2.24) is 0 Å². The number of carbonyl (C=O) groups excluding carboxylic acids is 1. The smallest absolute Gasteiger partial charge is 0.469 e. The van der Waals surface area contributed by atoms with Crippen LogP contribution in [-0.2, 0) is 19.4 Å². The molecule has 1 unspecified atom stereocenters. The minimum Gasteiger partial charge on any atom is -0.469 e. The molecule has 0 spiro atoms. The third-order valence-corrected chi connectivity index (χ3v) is 3.41. The average Bonchev–Trinajstić information content (AvgIpc) is 2.01. The number of esters is 1. The van der Waals surface area contributed by atoms with Crippen molar-refractivity contribution in [3.8, 4) is 0 Å². The molecule has 0 fully saturated rings. The molecule has 1 atom stereocenters. The van der Waals surface area contributed by atoms with E-state index in [9.17, 15) is 26.4 Å². The van der Waals surface area contributed by atoms with Crippen molar-refractivity contribution in [2.75, 3.05) is 7.11 Å². The maximum absolute atomic E-state index is 11.9. The van der Waals surface area contributed by atoms with Gasteiger partial charge in [-0.3, -0.25) is 4.79 Å². The van der Waals surface area contributed by atoms with Gasteiger partial charge in [-0.25, -0.2) is 8.42 Å². The van der Waals surface area contributed by atoms with Crippen LogP contribution in [-0.4, -0.2) is 32.3 Å². The Bertz CT molecular complexity index is 306. The first-order valence-corrected chi connectivity index (χ1v) is 5.04. The van der Waals surface area contributed by atoms with Crippen LogP contribution in [0.2, 0.25) is 0 Å². The number of hydrogen-bond donors (Lipinski definition) is 0. The van der Waals surface area contributed by atoms with Crippen LogP contribution < -0.4 is 0 Å². The molecule has 0 aliphatic heterocycles. The number of sulfone groups is 1. The van der Waals surface area contributed by atoms with Gasteiger partial charge in [0.2, 0.25) is 0 Å². The van der Waals surface area contributed by atoms with Crippen molar-refractivity contribution in [2.45, 2.75) is 24.1 Å². The molecule has 0 saturated heterocycles. The third kappa shape index (κ3) is 2.86. The summed E-state index contributed by atoms with van der Waals surface area (Å²) >= 11 is 0. The Balaban J connectivity index is 4.71. The van der Waals surface area contributed by atoms with Gasteiger partial charge in [0.25, 0.3) is 9.84 Å². The standard InChI is InChI=1S/C6H9F3O4S/c1-4(3-5(10)13-2)14(11,12)6(7,8)9/h4H,3H2,1-2H3. The van der Waals surface area contributed by atoms with E-state index in [1.807, 2.05) is 0 Å². The van der Waals surface area contributed by atoms with Gasteiger partial charge in [-0.2, -0.15) is 13.2 Å². The lowest BCUT2D eigenvalue weighted by Crippen LogP contribution is -2.34. The number of methoxy groups -OCH3 is 1. The maximum Gasteiger partial charge on any atom is 0.497 e. The molecule has 0 aliphatic rings.